The van der Waals surface area contributed by atoms with Crippen LogP contribution in [0.5, 0.6) is 0 Å². The minimum Gasteiger partial charge on any atom is -0.466 e. The van der Waals surface area contributed by atoms with Gasteiger partial charge < -0.3 is 9.47 Å². The number of ether oxygens (including phenoxy) is 2. The topological polar surface area (TPSA) is 35.5 Å². The summed E-state index contributed by atoms with van der Waals surface area (Å²) in [4.78, 5) is 11.3. The Morgan fingerprint density at radius 1 is 1.24 bits per heavy atom. The summed E-state index contributed by atoms with van der Waals surface area (Å²) >= 11 is 0. The Hall–Kier alpha value is -1.35. The van der Waals surface area contributed by atoms with Crippen molar-refractivity contribution < 1.29 is 14.3 Å². The first-order valence-corrected chi connectivity index (χ1v) is 6.07. The van der Waals surface area contributed by atoms with Crippen molar-refractivity contribution in [3.63, 3.8) is 0 Å². The minimum absolute atomic E-state index is 0.0609. The molecule has 0 heterocycles. The molecule has 0 saturated carbocycles. The molecular formula is C14H20O3. The van der Waals surface area contributed by atoms with E-state index in [-0.39, 0.29) is 12.1 Å². The van der Waals surface area contributed by atoms with E-state index in [1.54, 1.807) is 0 Å². The molecule has 0 radical (unpaired) electrons. The molecule has 0 bridgehead atoms. The Morgan fingerprint density at radius 2 is 1.94 bits per heavy atom. The van der Waals surface area contributed by atoms with E-state index < -0.39 is 0 Å². The van der Waals surface area contributed by atoms with Crippen LogP contribution in [0.2, 0.25) is 0 Å². The zero-order valence-electron chi connectivity index (χ0n) is 10.5. The maximum absolute atomic E-state index is 11.3. The van der Waals surface area contributed by atoms with Crippen LogP contribution in [-0.4, -0.2) is 18.7 Å². The molecule has 0 fully saturated rings. The molecule has 1 aromatic carbocycles. The molecule has 1 aromatic rings. The lowest BCUT2D eigenvalue weighted by Crippen LogP contribution is -2.18. The van der Waals surface area contributed by atoms with Crippen molar-refractivity contribution in [1.29, 1.82) is 0 Å². The predicted molar refractivity (Wildman–Crippen MR) is 66.6 cm³/mol. The maximum atomic E-state index is 11.3. The summed E-state index contributed by atoms with van der Waals surface area (Å²) in [6.45, 7) is 4.78. The number of hydrogen-bond donors (Lipinski definition) is 0. The predicted octanol–water partition coefficient (Wildman–Crippen LogP) is 2.94. The smallest absolute Gasteiger partial charge is 0.308 e. The molecule has 0 aliphatic carbocycles. The number of carbonyl (C=O) groups is 1. The van der Waals surface area contributed by atoms with Gasteiger partial charge in [-0.05, 0) is 18.9 Å². The number of esters is 1. The number of carbonyl (C=O) groups excluding carboxylic acids is 1. The Bertz CT molecular complexity index is 321. The van der Waals surface area contributed by atoms with Gasteiger partial charge in [-0.1, -0.05) is 37.3 Å². The quantitative estimate of drug-likeness (QED) is 0.683. The number of hydrogen-bond acceptors (Lipinski definition) is 3. The fraction of sp³-hybridized carbons (Fsp3) is 0.500. The van der Waals surface area contributed by atoms with Gasteiger partial charge in [-0.25, -0.2) is 0 Å². The largest absolute Gasteiger partial charge is 0.466 e. The molecule has 1 atom stereocenters. The molecule has 0 amide bonds. The third kappa shape index (κ3) is 5.50. The molecule has 1 unspecified atom stereocenters. The van der Waals surface area contributed by atoms with Crippen LogP contribution in [-0.2, 0) is 20.9 Å². The van der Waals surface area contributed by atoms with Crippen LogP contribution in [0.1, 0.15) is 32.3 Å². The second-order valence-electron chi connectivity index (χ2n) is 3.84. The van der Waals surface area contributed by atoms with Crippen LogP contribution < -0.4 is 0 Å². The van der Waals surface area contributed by atoms with Crippen molar-refractivity contribution in [2.45, 2.75) is 39.4 Å². The van der Waals surface area contributed by atoms with Crippen molar-refractivity contribution in [3.8, 4) is 0 Å². The van der Waals surface area contributed by atoms with E-state index in [2.05, 4.69) is 0 Å². The first kappa shape index (κ1) is 13.7. The van der Waals surface area contributed by atoms with Crippen LogP contribution in [0.15, 0.2) is 30.3 Å². The van der Waals surface area contributed by atoms with E-state index in [9.17, 15) is 4.79 Å². The average molecular weight is 236 g/mol. The summed E-state index contributed by atoms with van der Waals surface area (Å²) in [5.41, 5.74) is 1.12. The van der Waals surface area contributed by atoms with Gasteiger partial charge in [0.1, 0.15) is 0 Å². The summed E-state index contributed by atoms with van der Waals surface area (Å²) in [6, 6.07) is 9.95. The van der Waals surface area contributed by atoms with Gasteiger partial charge in [0, 0.05) is 0 Å². The molecule has 0 spiro atoms. The third-order valence-corrected chi connectivity index (χ3v) is 2.48. The maximum Gasteiger partial charge on any atom is 0.308 e. The van der Waals surface area contributed by atoms with Gasteiger partial charge in [-0.3, -0.25) is 4.79 Å². The van der Waals surface area contributed by atoms with E-state index in [0.717, 1.165) is 12.0 Å². The SMILES string of the molecule is CCOC(=O)CC(CC)OCc1ccccc1. The van der Waals surface area contributed by atoms with E-state index in [1.165, 1.54) is 0 Å². The Balaban J connectivity index is 2.34. The summed E-state index contributed by atoms with van der Waals surface area (Å²) in [7, 11) is 0. The number of rotatable bonds is 7. The fourth-order valence-corrected chi connectivity index (χ4v) is 1.52. The summed E-state index contributed by atoms with van der Waals surface area (Å²) < 4.78 is 10.6. The molecule has 0 N–H and O–H groups in total. The van der Waals surface area contributed by atoms with Gasteiger partial charge in [-0.2, -0.15) is 0 Å². The summed E-state index contributed by atoms with van der Waals surface area (Å²) in [5.74, 6) is -0.188. The van der Waals surface area contributed by atoms with Crippen LogP contribution in [0.4, 0.5) is 0 Å². The molecule has 1 rings (SSSR count). The first-order chi connectivity index (χ1) is 8.26. The lowest BCUT2D eigenvalue weighted by Gasteiger charge is -2.15. The van der Waals surface area contributed by atoms with Crippen molar-refractivity contribution in [1.82, 2.24) is 0 Å². The van der Waals surface area contributed by atoms with E-state index in [1.807, 2.05) is 44.2 Å². The molecule has 0 aliphatic rings. The minimum atomic E-state index is -0.188. The van der Waals surface area contributed by atoms with Crippen LogP contribution in [0.3, 0.4) is 0 Å². The molecule has 3 nitrogen and oxygen atoms in total. The highest BCUT2D eigenvalue weighted by Crippen LogP contribution is 2.09. The Labute approximate surface area is 103 Å². The molecule has 0 aliphatic heterocycles. The Morgan fingerprint density at radius 3 is 2.53 bits per heavy atom. The molecular weight excluding hydrogens is 216 g/mol. The Kier molecular flexibility index (Phi) is 6.33. The lowest BCUT2D eigenvalue weighted by atomic mass is 10.2. The zero-order valence-corrected chi connectivity index (χ0v) is 10.5. The van der Waals surface area contributed by atoms with Gasteiger partial charge in [0.05, 0.1) is 25.7 Å². The third-order valence-electron chi connectivity index (χ3n) is 2.48. The molecule has 0 saturated heterocycles. The molecule has 94 valence electrons. The molecule has 3 heteroatoms. The highest BCUT2D eigenvalue weighted by Gasteiger charge is 2.13. The van der Waals surface area contributed by atoms with Crippen LogP contribution in [0.25, 0.3) is 0 Å². The van der Waals surface area contributed by atoms with Crippen molar-refractivity contribution in [2.75, 3.05) is 6.61 Å². The highest BCUT2D eigenvalue weighted by atomic mass is 16.5. The fourth-order valence-electron chi connectivity index (χ4n) is 1.52. The van der Waals surface area contributed by atoms with Crippen molar-refractivity contribution in [2.24, 2.45) is 0 Å². The summed E-state index contributed by atoms with van der Waals surface area (Å²) in [6.07, 6.45) is 1.08. The van der Waals surface area contributed by atoms with Crippen LogP contribution in [0, 0.1) is 0 Å². The van der Waals surface area contributed by atoms with Gasteiger partial charge in [0.25, 0.3) is 0 Å². The van der Waals surface area contributed by atoms with E-state index >= 15 is 0 Å². The van der Waals surface area contributed by atoms with Crippen molar-refractivity contribution in [3.05, 3.63) is 35.9 Å². The van der Waals surface area contributed by atoms with E-state index in [0.29, 0.717) is 19.6 Å². The van der Waals surface area contributed by atoms with Gasteiger partial charge in [0.15, 0.2) is 0 Å². The van der Waals surface area contributed by atoms with Gasteiger partial charge in [0.2, 0.25) is 0 Å². The zero-order chi connectivity index (χ0) is 12.5. The lowest BCUT2D eigenvalue weighted by molar-refractivity contribution is -0.146. The standard InChI is InChI=1S/C14H20O3/c1-3-13(10-14(15)16-4-2)17-11-12-8-6-5-7-9-12/h5-9,13H,3-4,10-11H2,1-2H3. The van der Waals surface area contributed by atoms with Crippen LogP contribution >= 0.6 is 0 Å². The average Bonchev–Trinajstić information content (AvgIpc) is 2.36. The highest BCUT2D eigenvalue weighted by molar-refractivity contribution is 5.69. The van der Waals surface area contributed by atoms with Gasteiger partial charge >= 0.3 is 5.97 Å². The van der Waals surface area contributed by atoms with Gasteiger partial charge in [-0.15, -0.1) is 0 Å². The second-order valence-corrected chi connectivity index (χ2v) is 3.84. The first-order valence-electron chi connectivity index (χ1n) is 6.07. The molecule has 0 aromatic heterocycles. The summed E-state index contributed by atoms with van der Waals surface area (Å²) in [5, 5.41) is 0. The normalized spacial score (nSPS) is 12.1. The second kappa shape index (κ2) is 7.85. The van der Waals surface area contributed by atoms with E-state index in [4.69, 9.17) is 9.47 Å². The number of benzene rings is 1. The van der Waals surface area contributed by atoms with Crippen molar-refractivity contribution >= 4 is 5.97 Å². The molecule has 17 heavy (non-hydrogen) atoms. The monoisotopic (exact) mass is 236 g/mol.